The number of aliphatic imine (C=N–C) groups is 1. The van der Waals surface area contributed by atoms with Crippen molar-refractivity contribution in [2.24, 2.45) is 10.9 Å². The lowest BCUT2D eigenvalue weighted by Gasteiger charge is -2.39. The molecule has 164 valence electrons. The van der Waals surface area contributed by atoms with Crippen LogP contribution in [0.1, 0.15) is 59.3 Å². The van der Waals surface area contributed by atoms with Crippen molar-refractivity contribution in [3.63, 3.8) is 0 Å². The molecule has 1 aliphatic carbocycles. The van der Waals surface area contributed by atoms with Gasteiger partial charge in [0.25, 0.3) is 0 Å². The Labute approximate surface area is 173 Å². The maximum Gasteiger partial charge on any atom is 0.191 e. The van der Waals surface area contributed by atoms with Crippen molar-refractivity contribution >= 4 is 5.96 Å². The van der Waals surface area contributed by atoms with Crippen LogP contribution in [0.2, 0.25) is 0 Å². The number of nitrogens with zero attached hydrogens (tertiary/aromatic N) is 3. The lowest BCUT2D eigenvalue weighted by atomic mass is 9.98. The van der Waals surface area contributed by atoms with E-state index in [0.717, 1.165) is 64.8 Å². The maximum atomic E-state index is 6.03. The quantitative estimate of drug-likeness (QED) is 0.338. The van der Waals surface area contributed by atoms with E-state index in [1.165, 1.54) is 32.1 Å². The lowest BCUT2D eigenvalue weighted by molar-refractivity contribution is 0.0277. The second-order valence-electron chi connectivity index (χ2n) is 8.78. The molecule has 6 heteroatoms. The van der Waals surface area contributed by atoms with Crippen molar-refractivity contribution < 1.29 is 4.74 Å². The van der Waals surface area contributed by atoms with Crippen molar-refractivity contribution in [3.05, 3.63) is 0 Å². The molecule has 0 radical (unpaired) electrons. The van der Waals surface area contributed by atoms with Gasteiger partial charge in [-0.15, -0.1) is 0 Å². The molecule has 0 aromatic rings. The molecule has 6 nitrogen and oxygen atoms in total. The molecule has 1 atom stereocenters. The Kier molecular flexibility index (Phi) is 11.2. The first-order chi connectivity index (χ1) is 13.6. The summed E-state index contributed by atoms with van der Waals surface area (Å²) in [6.07, 6.45) is 8.10. The summed E-state index contributed by atoms with van der Waals surface area (Å²) in [5.74, 6) is 1.55. The summed E-state index contributed by atoms with van der Waals surface area (Å²) >= 11 is 0. The third-order valence-electron chi connectivity index (χ3n) is 6.08. The number of hydrogen-bond acceptors (Lipinski definition) is 4. The van der Waals surface area contributed by atoms with Crippen molar-refractivity contribution in [1.29, 1.82) is 0 Å². The number of ether oxygens (including phenoxy) is 1. The Hall–Kier alpha value is -0.850. The van der Waals surface area contributed by atoms with Gasteiger partial charge in [-0.2, -0.15) is 0 Å². The van der Waals surface area contributed by atoms with Gasteiger partial charge in [0.05, 0.1) is 12.6 Å². The second-order valence-corrected chi connectivity index (χ2v) is 8.78. The molecule has 0 aromatic heterocycles. The monoisotopic (exact) mass is 395 g/mol. The van der Waals surface area contributed by atoms with Crippen molar-refractivity contribution in [3.8, 4) is 0 Å². The largest absolute Gasteiger partial charge is 0.378 e. The molecular weight excluding hydrogens is 350 g/mol. The zero-order valence-corrected chi connectivity index (χ0v) is 18.9. The number of guanidine groups is 1. The summed E-state index contributed by atoms with van der Waals surface area (Å²) in [6, 6.07) is 0.513. The highest BCUT2D eigenvalue weighted by molar-refractivity contribution is 5.79. The lowest BCUT2D eigenvalue weighted by Crippen LogP contribution is -2.52. The summed E-state index contributed by atoms with van der Waals surface area (Å²) in [5, 5.41) is 6.89. The van der Waals surface area contributed by atoms with E-state index in [-0.39, 0.29) is 0 Å². The van der Waals surface area contributed by atoms with Gasteiger partial charge >= 0.3 is 0 Å². The molecule has 0 amide bonds. The van der Waals surface area contributed by atoms with Gasteiger partial charge in [0, 0.05) is 51.9 Å². The van der Waals surface area contributed by atoms with Gasteiger partial charge in [-0.1, -0.05) is 33.1 Å². The molecule has 28 heavy (non-hydrogen) atoms. The summed E-state index contributed by atoms with van der Waals surface area (Å²) < 4.78 is 6.03. The number of hydrogen-bond donors (Lipinski definition) is 2. The average molecular weight is 396 g/mol. The number of piperazine rings is 1. The van der Waals surface area contributed by atoms with Gasteiger partial charge in [-0.25, -0.2) is 0 Å². The van der Waals surface area contributed by atoms with Crippen LogP contribution in [-0.2, 0) is 4.74 Å². The highest BCUT2D eigenvalue weighted by Crippen LogP contribution is 2.20. The standard InChI is InChI=1S/C22H45N5O/c1-5-23-22(24-12-9-17-28-20-10-7-6-8-11-20)25-18-21(19(2)3)27-15-13-26(4)14-16-27/h19-21H,5-18H2,1-4H3,(H2,23,24,25). The van der Waals surface area contributed by atoms with Crippen LogP contribution in [-0.4, -0.2) is 87.4 Å². The second kappa shape index (κ2) is 13.4. The average Bonchev–Trinajstić information content (AvgIpc) is 2.69. The van der Waals surface area contributed by atoms with Gasteiger partial charge in [-0.05, 0) is 39.2 Å². The maximum absolute atomic E-state index is 6.03. The highest BCUT2D eigenvalue weighted by Gasteiger charge is 2.24. The molecule has 1 saturated carbocycles. The minimum Gasteiger partial charge on any atom is -0.378 e. The van der Waals surface area contributed by atoms with Crippen LogP contribution in [0.3, 0.4) is 0 Å². The molecule has 1 unspecified atom stereocenters. The topological polar surface area (TPSA) is 52.1 Å². The fourth-order valence-corrected chi connectivity index (χ4v) is 4.19. The van der Waals surface area contributed by atoms with Crippen molar-refractivity contribution in [1.82, 2.24) is 20.4 Å². The van der Waals surface area contributed by atoms with E-state index >= 15 is 0 Å². The van der Waals surface area contributed by atoms with Crippen LogP contribution in [0.5, 0.6) is 0 Å². The van der Waals surface area contributed by atoms with E-state index in [1.54, 1.807) is 0 Å². The molecule has 2 N–H and O–H groups in total. The van der Waals surface area contributed by atoms with Gasteiger partial charge < -0.3 is 20.3 Å². The molecule has 2 fully saturated rings. The SMILES string of the molecule is CCNC(=NCC(C(C)C)N1CCN(C)CC1)NCCCOC1CCCCC1. The van der Waals surface area contributed by atoms with Crippen LogP contribution < -0.4 is 10.6 Å². The number of rotatable bonds is 10. The molecule has 0 bridgehead atoms. The third kappa shape index (κ3) is 8.66. The van der Waals surface area contributed by atoms with Crippen LogP contribution in [0.15, 0.2) is 4.99 Å². The normalized spacial score (nSPS) is 21.8. The molecule has 1 aliphatic heterocycles. The van der Waals surface area contributed by atoms with Gasteiger partial charge in [-0.3, -0.25) is 9.89 Å². The summed E-state index contributed by atoms with van der Waals surface area (Å²) in [7, 11) is 2.21. The Morgan fingerprint density at radius 2 is 1.79 bits per heavy atom. The van der Waals surface area contributed by atoms with Crippen molar-refractivity contribution in [2.75, 3.05) is 59.5 Å². The first-order valence-corrected chi connectivity index (χ1v) is 11.7. The van der Waals surface area contributed by atoms with E-state index in [0.29, 0.717) is 18.1 Å². The predicted octanol–water partition coefficient (Wildman–Crippen LogP) is 2.55. The molecule has 2 aliphatic rings. The Morgan fingerprint density at radius 3 is 2.43 bits per heavy atom. The fourth-order valence-electron chi connectivity index (χ4n) is 4.19. The molecule has 1 saturated heterocycles. The Bertz CT molecular complexity index is 429. The van der Waals surface area contributed by atoms with Crippen LogP contribution >= 0.6 is 0 Å². The highest BCUT2D eigenvalue weighted by atomic mass is 16.5. The van der Waals surface area contributed by atoms with E-state index in [2.05, 4.69) is 48.3 Å². The van der Waals surface area contributed by atoms with E-state index in [4.69, 9.17) is 9.73 Å². The molecule has 0 aromatic carbocycles. The summed E-state index contributed by atoms with van der Waals surface area (Å²) in [5.41, 5.74) is 0. The first-order valence-electron chi connectivity index (χ1n) is 11.7. The zero-order valence-electron chi connectivity index (χ0n) is 18.9. The van der Waals surface area contributed by atoms with Gasteiger partial charge in [0.1, 0.15) is 0 Å². The number of likely N-dealkylation sites (N-methyl/N-ethyl adjacent to an activating group) is 1. The molecular formula is C22H45N5O. The predicted molar refractivity (Wildman–Crippen MR) is 119 cm³/mol. The van der Waals surface area contributed by atoms with E-state index < -0.39 is 0 Å². The van der Waals surface area contributed by atoms with Crippen LogP contribution in [0.4, 0.5) is 0 Å². The third-order valence-corrected chi connectivity index (χ3v) is 6.08. The van der Waals surface area contributed by atoms with Gasteiger partial charge in [0.2, 0.25) is 0 Å². The van der Waals surface area contributed by atoms with E-state index in [9.17, 15) is 0 Å². The van der Waals surface area contributed by atoms with Crippen LogP contribution in [0.25, 0.3) is 0 Å². The van der Waals surface area contributed by atoms with Gasteiger partial charge in [0.15, 0.2) is 5.96 Å². The first kappa shape index (κ1) is 23.4. The Balaban J connectivity index is 1.72. The minimum atomic E-state index is 0.506. The fraction of sp³-hybridized carbons (Fsp3) is 0.955. The molecule has 1 heterocycles. The van der Waals surface area contributed by atoms with E-state index in [1.807, 2.05) is 0 Å². The van der Waals surface area contributed by atoms with Crippen LogP contribution in [0, 0.1) is 5.92 Å². The minimum absolute atomic E-state index is 0.506. The summed E-state index contributed by atoms with van der Waals surface area (Å²) in [4.78, 5) is 9.95. The smallest absolute Gasteiger partial charge is 0.191 e. The zero-order chi connectivity index (χ0) is 20.2. The molecule has 0 spiro atoms. The summed E-state index contributed by atoms with van der Waals surface area (Å²) in [6.45, 7) is 14.9. The number of nitrogens with one attached hydrogen (secondary N) is 2. The van der Waals surface area contributed by atoms with Crippen molar-refractivity contribution in [2.45, 2.75) is 71.4 Å². The Morgan fingerprint density at radius 1 is 1.07 bits per heavy atom. The molecule has 2 rings (SSSR count).